The molecule has 4 rings (SSSR count). The molecule has 170 valence electrons. The maximum absolute atomic E-state index is 13.0. The van der Waals surface area contributed by atoms with Crippen molar-refractivity contribution in [3.05, 3.63) is 80.6 Å². The van der Waals surface area contributed by atoms with E-state index in [4.69, 9.17) is 0 Å². The van der Waals surface area contributed by atoms with Gasteiger partial charge < -0.3 is 5.32 Å². The number of anilines is 1. The third-order valence-corrected chi connectivity index (χ3v) is 6.39. The van der Waals surface area contributed by atoms with Gasteiger partial charge in [0.1, 0.15) is 11.5 Å². The number of rotatable bonds is 5. The van der Waals surface area contributed by atoms with Crippen LogP contribution in [-0.4, -0.2) is 25.7 Å². The Hall–Kier alpha value is -3.52. The van der Waals surface area contributed by atoms with Gasteiger partial charge in [0, 0.05) is 22.9 Å². The van der Waals surface area contributed by atoms with E-state index in [0.29, 0.717) is 34.8 Å². The third kappa shape index (κ3) is 4.66. The van der Waals surface area contributed by atoms with Gasteiger partial charge in [-0.05, 0) is 47.9 Å². The fourth-order valence-corrected chi connectivity index (χ4v) is 4.28. The van der Waals surface area contributed by atoms with Crippen LogP contribution in [0.25, 0.3) is 16.5 Å². The Morgan fingerprint density at radius 3 is 2.48 bits per heavy atom. The first-order valence-electron chi connectivity index (χ1n) is 10.8. The Labute approximate surface area is 196 Å². The van der Waals surface area contributed by atoms with E-state index in [1.807, 2.05) is 48.7 Å². The van der Waals surface area contributed by atoms with Crippen LogP contribution in [0.5, 0.6) is 0 Å². The molecule has 2 N–H and O–H groups in total. The Balaban J connectivity index is 1.73. The lowest BCUT2D eigenvalue weighted by atomic mass is 9.87. The predicted molar refractivity (Wildman–Crippen MR) is 133 cm³/mol. The second-order valence-electron chi connectivity index (χ2n) is 8.89. The number of hydrogen-bond donors (Lipinski definition) is 2. The lowest BCUT2D eigenvalue weighted by Gasteiger charge is -2.19. The quantitative estimate of drug-likeness (QED) is 0.432. The minimum absolute atomic E-state index is 0.00326. The summed E-state index contributed by atoms with van der Waals surface area (Å²) in [7, 11) is 0. The fraction of sp³-hybridized carbons (Fsp3) is 0.280. The summed E-state index contributed by atoms with van der Waals surface area (Å²) < 4.78 is 1.48. The first kappa shape index (κ1) is 22.7. The molecule has 0 fully saturated rings. The number of H-pyrrole nitrogens is 1. The van der Waals surface area contributed by atoms with E-state index in [1.54, 1.807) is 24.3 Å². The lowest BCUT2D eigenvalue weighted by molar-refractivity contribution is 0.102. The average molecular weight is 462 g/mol. The summed E-state index contributed by atoms with van der Waals surface area (Å²) in [6, 6.07) is 13.2. The van der Waals surface area contributed by atoms with Crippen LogP contribution in [0.15, 0.2) is 52.6 Å². The van der Waals surface area contributed by atoms with Crippen LogP contribution in [0, 0.1) is 6.92 Å². The monoisotopic (exact) mass is 461 g/mol. The van der Waals surface area contributed by atoms with E-state index < -0.39 is 0 Å². The molecule has 3 aromatic heterocycles. The largest absolute Gasteiger partial charge is 0.306 e. The maximum atomic E-state index is 13.0. The molecule has 0 unspecified atom stereocenters. The molecular formula is C25H27N5O2S. The van der Waals surface area contributed by atoms with Crippen molar-refractivity contribution >= 4 is 23.1 Å². The van der Waals surface area contributed by atoms with Crippen LogP contribution in [0.4, 0.5) is 5.82 Å². The van der Waals surface area contributed by atoms with Gasteiger partial charge in [0.15, 0.2) is 0 Å². The number of aryl methyl sites for hydroxylation is 1. The average Bonchev–Trinajstić information content (AvgIpc) is 3.43. The molecule has 3 heterocycles. The van der Waals surface area contributed by atoms with Crippen LogP contribution in [0.1, 0.15) is 54.9 Å². The highest BCUT2D eigenvalue weighted by Gasteiger charge is 2.19. The molecule has 0 spiro atoms. The molecule has 33 heavy (non-hydrogen) atoms. The van der Waals surface area contributed by atoms with Gasteiger partial charge >= 0.3 is 0 Å². The second kappa shape index (κ2) is 8.78. The van der Waals surface area contributed by atoms with E-state index in [-0.39, 0.29) is 22.8 Å². The van der Waals surface area contributed by atoms with Crippen LogP contribution in [0.2, 0.25) is 0 Å². The van der Waals surface area contributed by atoms with Crippen molar-refractivity contribution in [2.24, 2.45) is 0 Å². The number of aromatic nitrogens is 4. The Morgan fingerprint density at radius 2 is 1.91 bits per heavy atom. The molecule has 0 bridgehead atoms. The van der Waals surface area contributed by atoms with Crippen molar-refractivity contribution in [3.8, 4) is 16.5 Å². The number of benzene rings is 1. The summed E-state index contributed by atoms with van der Waals surface area (Å²) in [5.41, 5.74) is 3.44. The predicted octanol–water partition coefficient (Wildman–Crippen LogP) is 5.10. The van der Waals surface area contributed by atoms with Gasteiger partial charge in [0.05, 0.1) is 4.88 Å². The normalized spacial score (nSPS) is 11.5. The highest BCUT2D eigenvalue weighted by molar-refractivity contribution is 7.13. The van der Waals surface area contributed by atoms with E-state index in [1.165, 1.54) is 4.68 Å². The molecule has 4 aromatic rings. The fourth-order valence-electron chi connectivity index (χ4n) is 3.60. The van der Waals surface area contributed by atoms with Gasteiger partial charge in [-0.1, -0.05) is 45.9 Å². The van der Waals surface area contributed by atoms with Crippen molar-refractivity contribution in [1.82, 2.24) is 19.7 Å². The second-order valence-corrected chi connectivity index (χ2v) is 9.84. The van der Waals surface area contributed by atoms with Gasteiger partial charge in [0.25, 0.3) is 11.5 Å². The number of carbonyl (C=O) groups excluding carboxylic acids is 1. The molecule has 7 nitrogen and oxygen atoms in total. The maximum Gasteiger partial charge on any atom is 0.256 e. The molecule has 0 atom stereocenters. The van der Waals surface area contributed by atoms with Crippen molar-refractivity contribution in [1.29, 1.82) is 0 Å². The summed E-state index contributed by atoms with van der Waals surface area (Å²) in [5, 5.41) is 9.53. The van der Waals surface area contributed by atoms with Crippen molar-refractivity contribution in [3.63, 3.8) is 0 Å². The van der Waals surface area contributed by atoms with Gasteiger partial charge in [-0.2, -0.15) is 9.78 Å². The van der Waals surface area contributed by atoms with E-state index in [2.05, 4.69) is 41.2 Å². The molecule has 0 aliphatic rings. The van der Waals surface area contributed by atoms with Crippen molar-refractivity contribution in [2.75, 3.05) is 5.32 Å². The van der Waals surface area contributed by atoms with E-state index in [9.17, 15) is 9.59 Å². The summed E-state index contributed by atoms with van der Waals surface area (Å²) in [6.07, 6.45) is 0.585. The smallest absolute Gasteiger partial charge is 0.256 e. The Kier molecular flexibility index (Phi) is 6.03. The number of nitrogens with one attached hydrogen (secondary N) is 2. The summed E-state index contributed by atoms with van der Waals surface area (Å²) >= 11 is 1.54. The zero-order valence-electron chi connectivity index (χ0n) is 19.4. The van der Waals surface area contributed by atoms with Crippen molar-refractivity contribution < 1.29 is 4.79 Å². The van der Waals surface area contributed by atoms with Gasteiger partial charge in [-0.15, -0.1) is 11.3 Å². The topological polar surface area (TPSA) is 92.7 Å². The van der Waals surface area contributed by atoms with Gasteiger partial charge in [-0.25, -0.2) is 4.98 Å². The molecule has 0 aliphatic heterocycles. The molecule has 0 saturated heterocycles. The zero-order chi connectivity index (χ0) is 23.8. The number of carbonyl (C=O) groups is 1. The first-order valence-corrected chi connectivity index (χ1v) is 11.7. The number of amides is 1. The van der Waals surface area contributed by atoms with Crippen LogP contribution in [0.3, 0.4) is 0 Å². The molecule has 8 heteroatoms. The Morgan fingerprint density at radius 1 is 1.18 bits per heavy atom. The summed E-state index contributed by atoms with van der Waals surface area (Å²) in [5.74, 6) is 0.421. The number of thiophene rings is 1. The van der Waals surface area contributed by atoms with Crippen LogP contribution < -0.4 is 10.9 Å². The molecule has 1 aromatic carbocycles. The van der Waals surface area contributed by atoms with Gasteiger partial charge in [-0.3, -0.25) is 14.6 Å². The zero-order valence-corrected chi connectivity index (χ0v) is 20.2. The lowest BCUT2D eigenvalue weighted by Crippen LogP contribution is -2.22. The third-order valence-electron chi connectivity index (χ3n) is 5.50. The number of aromatic amines is 1. The minimum Gasteiger partial charge on any atom is -0.306 e. The number of hydrogen-bond acceptors (Lipinski definition) is 5. The minimum atomic E-state index is -0.265. The van der Waals surface area contributed by atoms with Gasteiger partial charge in [0.2, 0.25) is 5.95 Å². The van der Waals surface area contributed by atoms with Crippen LogP contribution in [-0.2, 0) is 11.8 Å². The van der Waals surface area contributed by atoms with E-state index in [0.717, 1.165) is 10.4 Å². The summed E-state index contributed by atoms with van der Waals surface area (Å²) in [4.78, 5) is 33.9. The molecule has 0 radical (unpaired) electrons. The highest BCUT2D eigenvalue weighted by atomic mass is 32.1. The molecule has 0 aliphatic carbocycles. The molecule has 0 saturated carbocycles. The van der Waals surface area contributed by atoms with E-state index >= 15 is 0 Å². The van der Waals surface area contributed by atoms with Crippen molar-refractivity contribution in [2.45, 2.75) is 46.5 Å². The number of nitrogens with zero attached hydrogens (tertiary/aromatic N) is 3. The highest BCUT2D eigenvalue weighted by Crippen LogP contribution is 2.28. The van der Waals surface area contributed by atoms with Crippen LogP contribution >= 0.6 is 11.3 Å². The standard InChI is InChI=1S/C25H27N5O2S/c1-6-18-15(2)26-24(28-23(18)32)30-21(14-19(29-30)20-8-7-13-33-20)27-22(31)16-9-11-17(12-10-16)25(3,4)5/h7-14H,6H2,1-5H3,(H,27,31)(H,26,28,32). The summed E-state index contributed by atoms with van der Waals surface area (Å²) in [6.45, 7) is 10.1. The molecular weight excluding hydrogens is 434 g/mol. The molecule has 1 amide bonds. The first-order chi connectivity index (χ1) is 15.7. The Bertz CT molecular complexity index is 1340. The SMILES string of the molecule is CCc1c(C)nc(-n2nc(-c3cccs3)cc2NC(=O)c2ccc(C(C)(C)C)cc2)[nH]c1=O.